The van der Waals surface area contributed by atoms with Gasteiger partial charge >= 0.3 is 0 Å². The minimum absolute atomic E-state index is 0.111. The first-order valence-corrected chi connectivity index (χ1v) is 10.6. The Labute approximate surface area is 174 Å². The summed E-state index contributed by atoms with van der Waals surface area (Å²) in [5.74, 6) is 0.111. The molecule has 1 saturated heterocycles. The van der Waals surface area contributed by atoms with Crippen molar-refractivity contribution in [2.45, 2.75) is 26.5 Å². The van der Waals surface area contributed by atoms with E-state index >= 15 is 0 Å². The van der Waals surface area contributed by atoms with Crippen molar-refractivity contribution in [2.24, 2.45) is 0 Å². The number of carbonyl (C=O) groups excluding carboxylic acids is 1. The van der Waals surface area contributed by atoms with Gasteiger partial charge in [0.2, 0.25) is 5.91 Å². The predicted molar refractivity (Wildman–Crippen MR) is 117 cm³/mol. The first-order valence-electron chi connectivity index (χ1n) is 10.6. The van der Waals surface area contributed by atoms with E-state index in [4.69, 9.17) is 4.74 Å². The summed E-state index contributed by atoms with van der Waals surface area (Å²) < 4.78 is 5.65. The van der Waals surface area contributed by atoms with Crippen molar-refractivity contribution >= 4 is 5.91 Å². The molecule has 0 unspecified atom stereocenters. The van der Waals surface area contributed by atoms with Gasteiger partial charge in [0.25, 0.3) is 0 Å². The second-order valence-corrected chi connectivity index (χ2v) is 7.78. The molecular weight excluding hydrogens is 362 g/mol. The molecule has 1 amide bonds. The Kier molecular flexibility index (Phi) is 8.68. The molecule has 0 bridgehead atoms. The smallest absolute Gasteiger partial charge is 0.234 e. The van der Waals surface area contributed by atoms with Crippen LogP contribution in [0.2, 0.25) is 0 Å². The quantitative estimate of drug-likeness (QED) is 0.629. The summed E-state index contributed by atoms with van der Waals surface area (Å²) in [4.78, 5) is 16.9. The Bertz CT molecular complexity index is 743. The SMILES string of the molecule is Cc1cccc(CN2CCN(CC(=O)NCCCOCc3ccccc3)CC2)c1. The Balaban J connectivity index is 1.23. The van der Waals surface area contributed by atoms with Crippen LogP contribution in [0.5, 0.6) is 0 Å². The van der Waals surface area contributed by atoms with Crippen LogP contribution in [0.4, 0.5) is 0 Å². The van der Waals surface area contributed by atoms with Gasteiger partial charge in [0, 0.05) is 45.9 Å². The summed E-state index contributed by atoms with van der Waals surface area (Å²) in [6, 6.07) is 18.9. The molecule has 0 atom stereocenters. The Hall–Kier alpha value is -2.21. The number of aryl methyl sites for hydroxylation is 1. The van der Waals surface area contributed by atoms with Crippen molar-refractivity contribution in [2.75, 3.05) is 45.9 Å². The second kappa shape index (κ2) is 11.7. The summed E-state index contributed by atoms with van der Waals surface area (Å²) >= 11 is 0. The molecule has 5 nitrogen and oxygen atoms in total. The second-order valence-electron chi connectivity index (χ2n) is 7.78. The molecule has 156 valence electrons. The molecule has 1 fully saturated rings. The molecule has 2 aromatic rings. The third kappa shape index (κ3) is 7.97. The first kappa shape index (κ1) is 21.5. The Morgan fingerprint density at radius 2 is 1.69 bits per heavy atom. The maximum absolute atomic E-state index is 12.2. The van der Waals surface area contributed by atoms with Crippen molar-refractivity contribution in [1.29, 1.82) is 0 Å². The van der Waals surface area contributed by atoms with Gasteiger partial charge in [-0.2, -0.15) is 0 Å². The molecule has 1 aliphatic heterocycles. The summed E-state index contributed by atoms with van der Waals surface area (Å²) in [5, 5.41) is 3.01. The van der Waals surface area contributed by atoms with E-state index in [9.17, 15) is 4.79 Å². The molecule has 0 spiro atoms. The lowest BCUT2D eigenvalue weighted by molar-refractivity contribution is -0.122. The van der Waals surface area contributed by atoms with E-state index in [2.05, 4.69) is 58.4 Å². The van der Waals surface area contributed by atoms with Crippen LogP contribution in [-0.4, -0.2) is 61.6 Å². The fraction of sp³-hybridized carbons (Fsp3) is 0.458. The number of hydrogen-bond donors (Lipinski definition) is 1. The van der Waals surface area contributed by atoms with Gasteiger partial charge in [-0.25, -0.2) is 0 Å². The van der Waals surface area contributed by atoms with Crippen LogP contribution in [0.1, 0.15) is 23.1 Å². The summed E-state index contributed by atoms with van der Waals surface area (Å²) in [7, 11) is 0. The lowest BCUT2D eigenvalue weighted by Gasteiger charge is -2.34. The minimum Gasteiger partial charge on any atom is -0.377 e. The molecule has 1 N–H and O–H groups in total. The number of carbonyl (C=O) groups is 1. The topological polar surface area (TPSA) is 44.8 Å². The van der Waals surface area contributed by atoms with E-state index in [0.717, 1.165) is 39.1 Å². The summed E-state index contributed by atoms with van der Waals surface area (Å²) in [6.45, 7) is 9.47. The van der Waals surface area contributed by atoms with Crippen molar-refractivity contribution in [1.82, 2.24) is 15.1 Å². The van der Waals surface area contributed by atoms with Crippen molar-refractivity contribution in [3.05, 3.63) is 71.3 Å². The molecule has 0 aromatic heterocycles. The van der Waals surface area contributed by atoms with E-state index in [1.165, 1.54) is 16.7 Å². The largest absolute Gasteiger partial charge is 0.377 e. The van der Waals surface area contributed by atoms with E-state index in [1.54, 1.807) is 0 Å². The minimum atomic E-state index is 0.111. The van der Waals surface area contributed by atoms with Crippen LogP contribution in [-0.2, 0) is 22.7 Å². The maximum Gasteiger partial charge on any atom is 0.234 e. The van der Waals surface area contributed by atoms with Crippen LogP contribution < -0.4 is 5.32 Å². The van der Waals surface area contributed by atoms with Crippen molar-refractivity contribution in [3.63, 3.8) is 0 Å². The standard InChI is InChI=1S/C24H33N3O2/c1-21-7-5-10-23(17-21)18-26-12-14-27(15-13-26)19-24(28)25-11-6-16-29-20-22-8-3-2-4-9-22/h2-5,7-10,17H,6,11-16,18-20H2,1H3,(H,25,28). The van der Waals surface area contributed by atoms with Gasteiger partial charge < -0.3 is 10.1 Å². The summed E-state index contributed by atoms with van der Waals surface area (Å²) in [5.41, 5.74) is 3.85. The zero-order valence-electron chi connectivity index (χ0n) is 17.5. The molecule has 0 radical (unpaired) electrons. The van der Waals surface area contributed by atoms with Crippen LogP contribution >= 0.6 is 0 Å². The zero-order chi connectivity index (χ0) is 20.3. The van der Waals surface area contributed by atoms with Crippen LogP contribution in [0.3, 0.4) is 0 Å². The molecule has 1 heterocycles. The predicted octanol–water partition coefficient (Wildman–Crippen LogP) is 2.84. The highest BCUT2D eigenvalue weighted by molar-refractivity contribution is 5.77. The molecule has 0 aliphatic carbocycles. The lowest BCUT2D eigenvalue weighted by atomic mass is 10.1. The highest BCUT2D eigenvalue weighted by Gasteiger charge is 2.18. The van der Waals surface area contributed by atoms with Crippen LogP contribution in [0.25, 0.3) is 0 Å². The number of hydrogen-bond acceptors (Lipinski definition) is 4. The van der Waals surface area contributed by atoms with Gasteiger partial charge in [-0.15, -0.1) is 0 Å². The van der Waals surface area contributed by atoms with Crippen molar-refractivity contribution < 1.29 is 9.53 Å². The molecule has 1 aliphatic rings. The highest BCUT2D eigenvalue weighted by Crippen LogP contribution is 2.10. The molecule has 5 heteroatoms. The zero-order valence-corrected chi connectivity index (χ0v) is 17.5. The first-order chi connectivity index (χ1) is 14.2. The van der Waals surface area contributed by atoms with Gasteiger partial charge in [-0.05, 0) is 24.5 Å². The molecule has 0 saturated carbocycles. The van der Waals surface area contributed by atoms with Gasteiger partial charge in [0.1, 0.15) is 0 Å². The maximum atomic E-state index is 12.2. The van der Waals surface area contributed by atoms with Crippen LogP contribution in [0, 0.1) is 6.92 Å². The van der Waals surface area contributed by atoms with E-state index < -0.39 is 0 Å². The number of rotatable bonds is 10. The lowest BCUT2D eigenvalue weighted by Crippen LogP contribution is -2.49. The third-order valence-corrected chi connectivity index (χ3v) is 5.22. The number of nitrogens with zero attached hydrogens (tertiary/aromatic N) is 2. The molecule has 2 aromatic carbocycles. The number of ether oxygens (including phenoxy) is 1. The number of nitrogens with one attached hydrogen (secondary N) is 1. The number of benzene rings is 2. The number of piperazine rings is 1. The molecule has 3 rings (SSSR count). The van der Waals surface area contributed by atoms with Crippen LogP contribution in [0.15, 0.2) is 54.6 Å². The van der Waals surface area contributed by atoms with Gasteiger partial charge in [-0.3, -0.25) is 14.6 Å². The van der Waals surface area contributed by atoms with Crippen molar-refractivity contribution in [3.8, 4) is 0 Å². The van der Waals surface area contributed by atoms with Gasteiger partial charge in [-0.1, -0.05) is 60.2 Å². The van der Waals surface area contributed by atoms with E-state index in [0.29, 0.717) is 26.3 Å². The average molecular weight is 396 g/mol. The molecule has 29 heavy (non-hydrogen) atoms. The van der Waals surface area contributed by atoms with E-state index in [-0.39, 0.29) is 5.91 Å². The number of amides is 1. The fourth-order valence-electron chi connectivity index (χ4n) is 3.60. The monoisotopic (exact) mass is 395 g/mol. The fourth-order valence-corrected chi connectivity index (χ4v) is 3.60. The van der Waals surface area contributed by atoms with E-state index in [1.807, 2.05) is 18.2 Å². The van der Waals surface area contributed by atoms with Gasteiger partial charge in [0.05, 0.1) is 13.2 Å². The third-order valence-electron chi connectivity index (χ3n) is 5.22. The Morgan fingerprint density at radius 3 is 2.45 bits per heavy atom. The summed E-state index contributed by atoms with van der Waals surface area (Å²) in [6.07, 6.45) is 0.836. The Morgan fingerprint density at radius 1 is 0.966 bits per heavy atom. The normalized spacial score (nSPS) is 15.3. The molecular formula is C24H33N3O2. The average Bonchev–Trinajstić information content (AvgIpc) is 2.73. The highest BCUT2D eigenvalue weighted by atomic mass is 16.5. The van der Waals surface area contributed by atoms with Gasteiger partial charge in [0.15, 0.2) is 0 Å².